The first-order valence-corrected chi connectivity index (χ1v) is 8.11. The molecule has 1 unspecified atom stereocenters. The number of carboxylic acid groups (broad SMARTS) is 1. The second-order valence-corrected chi connectivity index (χ2v) is 7.02. The largest absolute Gasteiger partial charge is 0.481 e. The summed E-state index contributed by atoms with van der Waals surface area (Å²) >= 11 is 0. The van der Waals surface area contributed by atoms with Gasteiger partial charge in [0.25, 0.3) is 0 Å². The molecule has 7 heteroatoms. The SMILES string of the molecule is CCC1C[C@H](C(=O)NCCNC(=O)OC(C)(C)C)[C@H](C(=O)O)C1. The van der Waals surface area contributed by atoms with Crippen molar-refractivity contribution >= 4 is 18.0 Å². The van der Waals surface area contributed by atoms with Gasteiger partial charge in [0.2, 0.25) is 5.91 Å². The van der Waals surface area contributed by atoms with Crippen LogP contribution in [0, 0.1) is 17.8 Å². The molecule has 7 nitrogen and oxygen atoms in total. The summed E-state index contributed by atoms with van der Waals surface area (Å²) in [7, 11) is 0. The summed E-state index contributed by atoms with van der Waals surface area (Å²) in [5.74, 6) is -1.98. The van der Waals surface area contributed by atoms with E-state index in [1.165, 1.54) is 0 Å². The molecule has 1 rings (SSSR count). The smallest absolute Gasteiger partial charge is 0.407 e. The molecule has 0 spiro atoms. The zero-order valence-corrected chi connectivity index (χ0v) is 14.3. The van der Waals surface area contributed by atoms with Crippen molar-refractivity contribution in [3.8, 4) is 0 Å². The van der Waals surface area contributed by atoms with Crippen molar-refractivity contribution in [1.29, 1.82) is 0 Å². The van der Waals surface area contributed by atoms with Gasteiger partial charge in [-0.25, -0.2) is 4.79 Å². The number of hydrogen-bond acceptors (Lipinski definition) is 4. The summed E-state index contributed by atoms with van der Waals surface area (Å²) < 4.78 is 5.08. The molecule has 1 fully saturated rings. The van der Waals surface area contributed by atoms with E-state index in [4.69, 9.17) is 4.74 Å². The molecule has 1 aliphatic carbocycles. The van der Waals surface area contributed by atoms with Crippen LogP contribution in [0.5, 0.6) is 0 Å². The van der Waals surface area contributed by atoms with Gasteiger partial charge in [0.1, 0.15) is 5.60 Å². The maximum absolute atomic E-state index is 12.2. The molecule has 3 atom stereocenters. The number of rotatable bonds is 6. The molecule has 1 saturated carbocycles. The molecule has 23 heavy (non-hydrogen) atoms. The Morgan fingerprint density at radius 3 is 2.17 bits per heavy atom. The Morgan fingerprint density at radius 1 is 1.09 bits per heavy atom. The molecule has 1 aliphatic rings. The molecule has 3 N–H and O–H groups in total. The van der Waals surface area contributed by atoms with Crippen LogP contribution in [0.4, 0.5) is 4.79 Å². The number of carbonyl (C=O) groups excluding carboxylic acids is 2. The molecule has 0 aromatic heterocycles. The Morgan fingerprint density at radius 2 is 1.65 bits per heavy atom. The monoisotopic (exact) mass is 328 g/mol. The van der Waals surface area contributed by atoms with E-state index in [1.807, 2.05) is 6.92 Å². The summed E-state index contributed by atoms with van der Waals surface area (Å²) in [5.41, 5.74) is -0.568. The van der Waals surface area contributed by atoms with E-state index < -0.39 is 29.5 Å². The van der Waals surface area contributed by atoms with Gasteiger partial charge in [0.15, 0.2) is 0 Å². The molecule has 0 aromatic carbocycles. The molecule has 2 amide bonds. The van der Waals surface area contributed by atoms with E-state index in [1.54, 1.807) is 20.8 Å². The van der Waals surface area contributed by atoms with Gasteiger partial charge in [0, 0.05) is 13.1 Å². The normalized spacial score (nSPS) is 24.1. The van der Waals surface area contributed by atoms with E-state index >= 15 is 0 Å². The molecular formula is C16H28N2O5. The lowest BCUT2D eigenvalue weighted by Gasteiger charge is -2.20. The minimum atomic E-state index is -0.909. The van der Waals surface area contributed by atoms with Crippen molar-refractivity contribution in [2.45, 2.75) is 52.6 Å². The first-order chi connectivity index (χ1) is 10.6. The standard InChI is InChI=1S/C16H28N2O5/c1-5-10-8-11(12(9-10)14(20)21)13(19)17-6-7-18-15(22)23-16(2,3)4/h10-12H,5-9H2,1-4H3,(H,17,19)(H,18,22)(H,20,21)/t10?,11-,12+/m0/s1. The summed E-state index contributed by atoms with van der Waals surface area (Å²) in [4.78, 5) is 34.9. The molecule has 0 aromatic rings. The van der Waals surface area contributed by atoms with Crippen molar-refractivity contribution in [3.05, 3.63) is 0 Å². The number of carboxylic acids is 1. The van der Waals surface area contributed by atoms with Gasteiger partial charge in [-0.2, -0.15) is 0 Å². The highest BCUT2D eigenvalue weighted by Gasteiger charge is 2.41. The fourth-order valence-corrected chi connectivity index (χ4v) is 2.83. The van der Waals surface area contributed by atoms with E-state index in [0.717, 1.165) is 6.42 Å². The molecule has 0 radical (unpaired) electrons. The zero-order valence-electron chi connectivity index (χ0n) is 14.3. The molecule has 0 aliphatic heterocycles. The van der Waals surface area contributed by atoms with E-state index in [0.29, 0.717) is 12.8 Å². The van der Waals surface area contributed by atoms with Crippen LogP contribution in [-0.4, -0.2) is 41.8 Å². The second-order valence-electron chi connectivity index (χ2n) is 7.02. The summed E-state index contributed by atoms with van der Waals surface area (Å²) in [6, 6.07) is 0. The Kier molecular flexibility index (Phi) is 6.84. The summed E-state index contributed by atoms with van der Waals surface area (Å²) in [6.07, 6.45) is 1.51. The molecule has 0 saturated heterocycles. The van der Waals surface area contributed by atoms with Crippen LogP contribution in [0.2, 0.25) is 0 Å². The zero-order chi connectivity index (χ0) is 17.6. The van der Waals surface area contributed by atoms with E-state index in [9.17, 15) is 19.5 Å². The van der Waals surface area contributed by atoms with Gasteiger partial charge in [-0.3, -0.25) is 9.59 Å². The Balaban J connectivity index is 2.36. The van der Waals surface area contributed by atoms with Crippen LogP contribution >= 0.6 is 0 Å². The average Bonchev–Trinajstić information content (AvgIpc) is 2.86. The van der Waals surface area contributed by atoms with Crippen LogP contribution in [0.15, 0.2) is 0 Å². The van der Waals surface area contributed by atoms with Crippen molar-refractivity contribution in [2.24, 2.45) is 17.8 Å². The lowest BCUT2D eigenvalue weighted by Crippen LogP contribution is -2.41. The van der Waals surface area contributed by atoms with E-state index in [2.05, 4.69) is 10.6 Å². The highest BCUT2D eigenvalue weighted by molar-refractivity contribution is 5.85. The molecule has 132 valence electrons. The van der Waals surface area contributed by atoms with Crippen LogP contribution in [-0.2, 0) is 14.3 Å². The van der Waals surface area contributed by atoms with Gasteiger partial charge in [-0.1, -0.05) is 13.3 Å². The van der Waals surface area contributed by atoms with Crippen LogP contribution in [0.3, 0.4) is 0 Å². The van der Waals surface area contributed by atoms with Crippen molar-refractivity contribution in [1.82, 2.24) is 10.6 Å². The number of nitrogens with one attached hydrogen (secondary N) is 2. The third-order valence-electron chi connectivity index (χ3n) is 3.98. The third-order valence-corrected chi connectivity index (χ3v) is 3.98. The maximum Gasteiger partial charge on any atom is 0.407 e. The fraction of sp³-hybridized carbons (Fsp3) is 0.812. The maximum atomic E-state index is 12.2. The van der Waals surface area contributed by atoms with Crippen molar-refractivity contribution in [3.63, 3.8) is 0 Å². The van der Waals surface area contributed by atoms with Gasteiger partial charge in [-0.15, -0.1) is 0 Å². The minimum Gasteiger partial charge on any atom is -0.481 e. The lowest BCUT2D eigenvalue weighted by molar-refractivity contribution is -0.146. The first kappa shape index (κ1) is 19.3. The number of alkyl carbamates (subject to hydrolysis) is 1. The van der Waals surface area contributed by atoms with Gasteiger partial charge in [-0.05, 0) is 39.5 Å². The number of amides is 2. The number of aliphatic carboxylic acids is 1. The topological polar surface area (TPSA) is 105 Å². The number of ether oxygens (including phenoxy) is 1. The Hall–Kier alpha value is -1.79. The van der Waals surface area contributed by atoms with Crippen LogP contribution in [0.1, 0.15) is 47.0 Å². The highest BCUT2D eigenvalue weighted by Crippen LogP contribution is 2.38. The molecule has 0 bridgehead atoms. The fourth-order valence-electron chi connectivity index (χ4n) is 2.83. The average molecular weight is 328 g/mol. The first-order valence-electron chi connectivity index (χ1n) is 8.11. The van der Waals surface area contributed by atoms with Crippen LogP contribution in [0.25, 0.3) is 0 Å². The number of hydrogen-bond donors (Lipinski definition) is 3. The minimum absolute atomic E-state index is 0.238. The Labute approximate surface area is 137 Å². The van der Waals surface area contributed by atoms with Gasteiger partial charge < -0.3 is 20.5 Å². The number of carbonyl (C=O) groups is 3. The quantitative estimate of drug-likeness (QED) is 0.645. The van der Waals surface area contributed by atoms with Crippen molar-refractivity contribution < 1.29 is 24.2 Å². The highest BCUT2D eigenvalue weighted by atomic mass is 16.6. The van der Waals surface area contributed by atoms with Crippen LogP contribution < -0.4 is 10.6 Å². The predicted molar refractivity (Wildman–Crippen MR) is 84.9 cm³/mol. The van der Waals surface area contributed by atoms with Gasteiger partial charge in [0.05, 0.1) is 11.8 Å². The van der Waals surface area contributed by atoms with Crippen molar-refractivity contribution in [2.75, 3.05) is 13.1 Å². The predicted octanol–water partition coefficient (Wildman–Crippen LogP) is 1.76. The van der Waals surface area contributed by atoms with Gasteiger partial charge >= 0.3 is 12.1 Å². The second kappa shape index (κ2) is 8.17. The van der Waals surface area contributed by atoms with E-state index in [-0.39, 0.29) is 24.9 Å². The third kappa shape index (κ3) is 6.46. The Bertz CT molecular complexity index is 444. The molecule has 0 heterocycles. The molecular weight excluding hydrogens is 300 g/mol. The summed E-state index contributed by atoms with van der Waals surface area (Å²) in [6.45, 7) is 7.80. The lowest BCUT2D eigenvalue weighted by atomic mass is 9.95. The summed E-state index contributed by atoms with van der Waals surface area (Å²) in [5, 5.41) is 14.5.